The number of nitrogens with zero attached hydrogens (tertiary/aromatic N) is 2. The van der Waals surface area contributed by atoms with Crippen LogP contribution in [0.1, 0.15) is 32.0 Å². The molecular formula is C24H24ClN3O5S. The molecule has 0 spiro atoms. The molecule has 1 N–H and O–H groups in total. The van der Waals surface area contributed by atoms with Crippen molar-refractivity contribution >= 4 is 27.4 Å². The molecule has 0 aliphatic carbocycles. The van der Waals surface area contributed by atoms with Crippen LogP contribution >= 0.6 is 11.6 Å². The molecule has 1 aromatic heterocycles. The highest BCUT2D eigenvalue weighted by Gasteiger charge is 2.23. The van der Waals surface area contributed by atoms with Crippen LogP contribution in [0.3, 0.4) is 0 Å². The van der Waals surface area contributed by atoms with E-state index in [1.807, 2.05) is 26.9 Å². The van der Waals surface area contributed by atoms with E-state index in [0.717, 1.165) is 5.56 Å². The first-order chi connectivity index (χ1) is 16.0. The highest BCUT2D eigenvalue weighted by Crippen LogP contribution is 2.37. The summed E-state index contributed by atoms with van der Waals surface area (Å²) in [5.41, 5.74) is 1.09. The van der Waals surface area contributed by atoms with Crippen LogP contribution in [-0.4, -0.2) is 25.5 Å². The quantitative estimate of drug-likeness (QED) is 0.427. The molecule has 0 aliphatic heterocycles. The fourth-order valence-electron chi connectivity index (χ4n) is 2.92. The summed E-state index contributed by atoms with van der Waals surface area (Å²) < 4.78 is 44.9. The second-order valence-corrected chi connectivity index (χ2v) is 10.3. The van der Waals surface area contributed by atoms with Crippen molar-refractivity contribution in [2.45, 2.75) is 37.7 Å². The first-order valence-corrected chi connectivity index (χ1v) is 12.0. The first-order valence-electron chi connectivity index (χ1n) is 10.1. The fraction of sp³-hybridized carbons (Fsp3) is 0.250. The highest BCUT2D eigenvalue weighted by atomic mass is 35.5. The Morgan fingerprint density at radius 2 is 1.82 bits per heavy atom. The maximum Gasteiger partial charge on any atom is 0.263 e. The molecule has 0 atom stereocenters. The van der Waals surface area contributed by atoms with Crippen molar-refractivity contribution in [3.63, 3.8) is 0 Å². The zero-order valence-corrected chi connectivity index (χ0v) is 20.7. The van der Waals surface area contributed by atoms with E-state index in [9.17, 15) is 8.42 Å². The molecule has 0 saturated heterocycles. The number of terminal acetylenes is 1. The van der Waals surface area contributed by atoms with Gasteiger partial charge in [0.05, 0.1) is 17.0 Å². The Balaban J connectivity index is 2.02. The van der Waals surface area contributed by atoms with Crippen molar-refractivity contribution in [1.29, 1.82) is 0 Å². The van der Waals surface area contributed by atoms with Gasteiger partial charge >= 0.3 is 0 Å². The van der Waals surface area contributed by atoms with Gasteiger partial charge in [-0.3, -0.25) is 4.72 Å². The van der Waals surface area contributed by atoms with E-state index in [4.69, 9.17) is 32.2 Å². The van der Waals surface area contributed by atoms with Gasteiger partial charge < -0.3 is 14.2 Å². The van der Waals surface area contributed by atoms with E-state index in [-0.39, 0.29) is 45.0 Å². The Labute approximate surface area is 204 Å². The smallest absolute Gasteiger partial charge is 0.263 e. The van der Waals surface area contributed by atoms with Crippen LogP contribution in [-0.2, 0) is 26.8 Å². The number of anilines is 1. The highest BCUT2D eigenvalue weighted by molar-refractivity contribution is 7.92. The summed E-state index contributed by atoms with van der Waals surface area (Å²) in [6.07, 6.45) is 8.42. The topological polar surface area (TPSA) is 99.6 Å². The molecular weight excluding hydrogens is 478 g/mol. The lowest BCUT2D eigenvalue weighted by Gasteiger charge is -2.19. The second kappa shape index (κ2) is 10.2. The Hall–Kier alpha value is -3.48. The van der Waals surface area contributed by atoms with Crippen LogP contribution in [0.2, 0.25) is 5.02 Å². The van der Waals surface area contributed by atoms with Crippen LogP contribution in [0.25, 0.3) is 0 Å². The molecule has 0 saturated carbocycles. The number of nitrogens with one attached hydrogen (secondary N) is 1. The molecule has 0 aliphatic rings. The lowest BCUT2D eigenvalue weighted by molar-refractivity contribution is 0.256. The third-order valence-electron chi connectivity index (χ3n) is 4.78. The van der Waals surface area contributed by atoms with E-state index < -0.39 is 10.0 Å². The van der Waals surface area contributed by atoms with Crippen LogP contribution in [0.5, 0.6) is 17.2 Å². The normalized spacial score (nSPS) is 11.4. The SMILES string of the molecule is C#COCc1ncnc(NS(=O)(=O)c2ccc(C(C)(C)C)cc2)c1Oc1cc(OC)ccc1Cl. The van der Waals surface area contributed by atoms with Crippen LogP contribution in [0.4, 0.5) is 5.82 Å². The van der Waals surface area contributed by atoms with Gasteiger partial charge in [0.1, 0.15) is 36.2 Å². The molecule has 3 rings (SSSR count). The van der Waals surface area contributed by atoms with E-state index in [0.29, 0.717) is 5.75 Å². The molecule has 0 amide bonds. The summed E-state index contributed by atoms with van der Waals surface area (Å²) in [7, 11) is -2.51. The molecule has 0 bridgehead atoms. The number of rotatable bonds is 8. The van der Waals surface area contributed by atoms with Crippen molar-refractivity contribution in [1.82, 2.24) is 9.97 Å². The van der Waals surface area contributed by atoms with E-state index >= 15 is 0 Å². The van der Waals surface area contributed by atoms with E-state index in [2.05, 4.69) is 14.7 Å². The van der Waals surface area contributed by atoms with Crippen LogP contribution in [0, 0.1) is 12.5 Å². The second-order valence-electron chi connectivity index (χ2n) is 8.18. The van der Waals surface area contributed by atoms with Crippen molar-refractivity contribution in [2.75, 3.05) is 11.8 Å². The number of hydrogen-bond donors (Lipinski definition) is 1. The minimum atomic E-state index is -4.01. The fourth-order valence-corrected chi connectivity index (χ4v) is 4.09. The average molecular weight is 502 g/mol. The monoisotopic (exact) mass is 501 g/mol. The zero-order chi connectivity index (χ0) is 24.9. The number of hydrogen-bond acceptors (Lipinski definition) is 7. The Morgan fingerprint density at radius 3 is 2.44 bits per heavy atom. The number of methoxy groups -OCH3 is 1. The summed E-state index contributed by atoms with van der Waals surface area (Å²) >= 11 is 6.27. The van der Waals surface area contributed by atoms with Gasteiger partial charge in [-0.15, -0.1) is 0 Å². The number of sulfonamides is 1. The zero-order valence-electron chi connectivity index (χ0n) is 19.1. The molecule has 2 aromatic carbocycles. The number of benzene rings is 2. The maximum atomic E-state index is 13.1. The summed E-state index contributed by atoms with van der Waals surface area (Å²) in [6.45, 7) is 5.99. The van der Waals surface area contributed by atoms with Gasteiger partial charge in [0, 0.05) is 6.07 Å². The van der Waals surface area contributed by atoms with Gasteiger partial charge in [0.2, 0.25) is 0 Å². The molecule has 178 valence electrons. The molecule has 10 heteroatoms. The van der Waals surface area contributed by atoms with Gasteiger partial charge in [-0.05, 0) is 35.2 Å². The van der Waals surface area contributed by atoms with Gasteiger partial charge in [0.25, 0.3) is 10.0 Å². The van der Waals surface area contributed by atoms with Gasteiger partial charge in [-0.2, -0.15) is 0 Å². The molecule has 0 radical (unpaired) electrons. The molecule has 0 unspecified atom stereocenters. The predicted molar refractivity (Wildman–Crippen MR) is 130 cm³/mol. The van der Waals surface area contributed by atoms with Crippen LogP contribution < -0.4 is 14.2 Å². The van der Waals surface area contributed by atoms with Crippen molar-refractivity contribution in [3.05, 3.63) is 65.1 Å². The Morgan fingerprint density at radius 1 is 1.12 bits per heavy atom. The predicted octanol–water partition coefficient (Wildman–Crippen LogP) is 5.14. The minimum absolute atomic E-state index is 0.0113. The third kappa shape index (κ3) is 5.90. The van der Waals surface area contributed by atoms with Crippen LogP contribution in [0.15, 0.2) is 53.7 Å². The van der Waals surface area contributed by atoms with Crippen molar-refractivity contribution in [2.24, 2.45) is 0 Å². The molecule has 34 heavy (non-hydrogen) atoms. The third-order valence-corrected chi connectivity index (χ3v) is 6.45. The Bertz CT molecular complexity index is 1310. The average Bonchev–Trinajstić information content (AvgIpc) is 2.80. The maximum absolute atomic E-state index is 13.1. The minimum Gasteiger partial charge on any atom is -0.497 e. The molecule has 3 aromatic rings. The number of halogens is 1. The van der Waals surface area contributed by atoms with Gasteiger partial charge in [-0.1, -0.05) is 50.9 Å². The van der Waals surface area contributed by atoms with Crippen molar-refractivity contribution in [3.8, 4) is 29.8 Å². The lowest BCUT2D eigenvalue weighted by Crippen LogP contribution is -2.17. The van der Waals surface area contributed by atoms with E-state index in [1.54, 1.807) is 30.3 Å². The molecule has 0 fully saturated rings. The lowest BCUT2D eigenvalue weighted by atomic mass is 9.87. The van der Waals surface area contributed by atoms with E-state index in [1.165, 1.54) is 25.6 Å². The molecule has 8 nitrogen and oxygen atoms in total. The summed E-state index contributed by atoms with van der Waals surface area (Å²) in [4.78, 5) is 8.26. The standard InChI is InChI=1S/C24H24ClN3O5S/c1-6-32-14-20-22(33-21-13-17(31-5)9-12-19(21)25)23(27-15-26-20)28-34(29,30)18-10-7-16(8-11-18)24(2,3)4/h1,7-13,15H,14H2,2-5H3,(H,26,27,28). The van der Waals surface area contributed by atoms with Gasteiger partial charge in [-0.25, -0.2) is 18.4 Å². The molecule has 1 heterocycles. The summed E-state index contributed by atoms with van der Waals surface area (Å²) in [5, 5.41) is 0.264. The Kier molecular flexibility index (Phi) is 7.54. The first kappa shape index (κ1) is 25.1. The summed E-state index contributed by atoms with van der Waals surface area (Å²) in [6, 6.07) is 11.4. The largest absolute Gasteiger partial charge is 0.497 e. The van der Waals surface area contributed by atoms with Gasteiger partial charge in [0.15, 0.2) is 11.6 Å². The summed E-state index contributed by atoms with van der Waals surface area (Å²) in [5.74, 6) is 0.568. The number of aromatic nitrogens is 2. The number of ether oxygens (including phenoxy) is 3. The van der Waals surface area contributed by atoms with Crippen molar-refractivity contribution < 1.29 is 22.6 Å².